The van der Waals surface area contributed by atoms with E-state index in [1.807, 2.05) is 48.5 Å². The zero-order valence-electron chi connectivity index (χ0n) is 17.2. The van der Waals surface area contributed by atoms with E-state index in [9.17, 15) is 0 Å². The van der Waals surface area contributed by atoms with Crippen LogP contribution in [0.25, 0.3) is 17.2 Å². The zero-order valence-corrected chi connectivity index (χ0v) is 17.2. The summed E-state index contributed by atoms with van der Waals surface area (Å²) in [6.45, 7) is 2.91. The van der Waals surface area contributed by atoms with Crippen molar-refractivity contribution in [3.05, 3.63) is 84.6 Å². The third-order valence-electron chi connectivity index (χ3n) is 4.33. The van der Waals surface area contributed by atoms with Gasteiger partial charge >= 0.3 is 0 Å². The largest absolute Gasteiger partial charge is 0.494 e. The molecule has 0 N–H and O–H groups in total. The number of rotatable bonds is 11. The van der Waals surface area contributed by atoms with E-state index in [4.69, 9.17) is 19.4 Å². The van der Waals surface area contributed by atoms with Crippen molar-refractivity contribution in [2.75, 3.05) is 13.7 Å². The van der Waals surface area contributed by atoms with Crippen LogP contribution in [0, 0.1) is 0 Å². The van der Waals surface area contributed by atoms with Gasteiger partial charge in [-0.05, 0) is 65.6 Å². The first-order valence-corrected chi connectivity index (χ1v) is 9.92. The van der Waals surface area contributed by atoms with Crippen LogP contribution < -0.4 is 14.5 Å². The standard InChI is InChI=1S/C25H26O5/c1-3-4-18-27-23-13-7-21(8-14-23)22-9-15-25(16-10-22)30-28-19-17-20-5-11-24(12-6-20)29-26-2/h5-17,19H,3-4,18H2,1-2H3/b19-17+. The van der Waals surface area contributed by atoms with E-state index in [1.54, 1.807) is 18.2 Å². The molecule has 0 aliphatic carbocycles. The van der Waals surface area contributed by atoms with Crippen LogP contribution in [0.1, 0.15) is 25.3 Å². The topological polar surface area (TPSA) is 46.2 Å². The summed E-state index contributed by atoms with van der Waals surface area (Å²) in [6, 6.07) is 23.2. The molecule has 0 radical (unpaired) electrons. The highest BCUT2D eigenvalue weighted by Gasteiger charge is 2.01. The molecule has 0 aromatic heterocycles. The van der Waals surface area contributed by atoms with Crippen molar-refractivity contribution >= 4 is 6.08 Å². The van der Waals surface area contributed by atoms with Crippen LogP contribution in [-0.2, 0) is 9.78 Å². The summed E-state index contributed by atoms with van der Waals surface area (Å²) in [5.41, 5.74) is 3.15. The average Bonchev–Trinajstić information content (AvgIpc) is 2.79. The first-order valence-electron chi connectivity index (χ1n) is 9.92. The Balaban J connectivity index is 1.48. The minimum absolute atomic E-state index is 0.617. The van der Waals surface area contributed by atoms with Crippen LogP contribution in [0.5, 0.6) is 17.2 Å². The van der Waals surface area contributed by atoms with E-state index in [0.717, 1.165) is 41.9 Å². The SMILES string of the molecule is CCCCOc1ccc(-c2ccc(OO/C=C/c3ccc(OOC)cc3)cc2)cc1. The summed E-state index contributed by atoms with van der Waals surface area (Å²) in [7, 11) is 1.46. The lowest BCUT2D eigenvalue weighted by Gasteiger charge is -2.07. The third-order valence-corrected chi connectivity index (χ3v) is 4.33. The van der Waals surface area contributed by atoms with Crippen molar-refractivity contribution < 1.29 is 24.3 Å². The number of benzene rings is 3. The number of hydrogen-bond donors (Lipinski definition) is 0. The molecule has 0 atom stereocenters. The monoisotopic (exact) mass is 406 g/mol. The van der Waals surface area contributed by atoms with Gasteiger partial charge in [-0.15, -0.1) is 0 Å². The predicted octanol–water partition coefficient (Wildman–Crippen LogP) is 6.45. The van der Waals surface area contributed by atoms with Gasteiger partial charge in [0.15, 0.2) is 11.5 Å². The summed E-state index contributed by atoms with van der Waals surface area (Å²) in [4.78, 5) is 20.0. The van der Waals surface area contributed by atoms with Gasteiger partial charge in [-0.2, -0.15) is 4.89 Å². The molecule has 0 bridgehead atoms. The highest BCUT2D eigenvalue weighted by molar-refractivity contribution is 5.64. The van der Waals surface area contributed by atoms with Gasteiger partial charge in [-0.3, -0.25) is 9.78 Å². The normalized spacial score (nSPS) is 10.7. The fourth-order valence-electron chi connectivity index (χ4n) is 2.70. The van der Waals surface area contributed by atoms with Gasteiger partial charge in [0, 0.05) is 0 Å². The van der Waals surface area contributed by atoms with Gasteiger partial charge in [0.2, 0.25) is 0 Å². The molecule has 0 amide bonds. The van der Waals surface area contributed by atoms with Gasteiger partial charge in [0.05, 0.1) is 13.7 Å². The maximum atomic E-state index is 5.71. The molecule has 0 unspecified atom stereocenters. The van der Waals surface area contributed by atoms with Gasteiger partial charge in [-0.1, -0.05) is 49.7 Å². The molecular weight excluding hydrogens is 380 g/mol. The van der Waals surface area contributed by atoms with Gasteiger partial charge < -0.3 is 9.62 Å². The molecule has 0 fully saturated rings. The Kier molecular flexibility index (Phi) is 8.18. The van der Waals surface area contributed by atoms with Crippen molar-refractivity contribution in [1.29, 1.82) is 0 Å². The van der Waals surface area contributed by atoms with Crippen molar-refractivity contribution in [2.24, 2.45) is 0 Å². The molecule has 0 spiro atoms. The summed E-state index contributed by atoms with van der Waals surface area (Å²) in [5.74, 6) is 2.14. The van der Waals surface area contributed by atoms with Gasteiger partial charge in [-0.25, -0.2) is 0 Å². The smallest absolute Gasteiger partial charge is 0.178 e. The number of ether oxygens (including phenoxy) is 1. The lowest BCUT2D eigenvalue weighted by molar-refractivity contribution is -0.178. The zero-order chi connectivity index (χ0) is 21.0. The second-order valence-corrected chi connectivity index (χ2v) is 6.55. The molecule has 0 aliphatic rings. The maximum absolute atomic E-state index is 5.71. The minimum Gasteiger partial charge on any atom is -0.494 e. The molecule has 156 valence electrons. The Hall–Kier alpha value is -3.44. The molecule has 5 heteroatoms. The molecule has 5 nitrogen and oxygen atoms in total. The second-order valence-electron chi connectivity index (χ2n) is 6.55. The molecule has 0 saturated carbocycles. The molecule has 0 heterocycles. The maximum Gasteiger partial charge on any atom is 0.178 e. The van der Waals surface area contributed by atoms with Crippen LogP contribution in [0.4, 0.5) is 0 Å². The van der Waals surface area contributed by atoms with Crippen molar-refractivity contribution in [3.63, 3.8) is 0 Å². The molecular formula is C25H26O5. The van der Waals surface area contributed by atoms with Gasteiger partial charge in [0.1, 0.15) is 12.0 Å². The highest BCUT2D eigenvalue weighted by atomic mass is 17.2. The fourth-order valence-corrected chi connectivity index (χ4v) is 2.70. The predicted molar refractivity (Wildman–Crippen MR) is 117 cm³/mol. The fraction of sp³-hybridized carbons (Fsp3) is 0.200. The van der Waals surface area contributed by atoms with E-state index in [0.29, 0.717) is 11.5 Å². The second kappa shape index (κ2) is 11.5. The third kappa shape index (κ3) is 6.57. The lowest BCUT2D eigenvalue weighted by Crippen LogP contribution is -1.95. The summed E-state index contributed by atoms with van der Waals surface area (Å²) in [5, 5.41) is 0. The highest BCUT2D eigenvalue weighted by Crippen LogP contribution is 2.25. The quantitative estimate of drug-likeness (QED) is 0.158. The molecule has 0 aliphatic heterocycles. The molecule has 30 heavy (non-hydrogen) atoms. The Bertz CT molecular complexity index is 900. The van der Waals surface area contributed by atoms with Crippen molar-refractivity contribution in [3.8, 4) is 28.4 Å². The first-order chi connectivity index (χ1) is 14.8. The van der Waals surface area contributed by atoms with Crippen LogP contribution in [-0.4, -0.2) is 13.7 Å². The van der Waals surface area contributed by atoms with Crippen molar-refractivity contribution in [1.82, 2.24) is 0 Å². The van der Waals surface area contributed by atoms with Crippen LogP contribution >= 0.6 is 0 Å². The van der Waals surface area contributed by atoms with E-state index >= 15 is 0 Å². The first kappa shape index (κ1) is 21.3. The number of unbranched alkanes of at least 4 members (excludes halogenated alkanes) is 1. The summed E-state index contributed by atoms with van der Waals surface area (Å²) >= 11 is 0. The Morgan fingerprint density at radius 1 is 0.700 bits per heavy atom. The molecule has 0 saturated heterocycles. The van der Waals surface area contributed by atoms with Gasteiger partial charge in [0.25, 0.3) is 0 Å². The molecule has 3 rings (SSSR count). The molecule has 3 aromatic carbocycles. The minimum atomic E-state index is 0.617. The Morgan fingerprint density at radius 2 is 1.27 bits per heavy atom. The van der Waals surface area contributed by atoms with E-state index in [1.165, 1.54) is 13.4 Å². The average molecular weight is 406 g/mol. The Morgan fingerprint density at radius 3 is 1.87 bits per heavy atom. The Labute approximate surface area is 177 Å². The summed E-state index contributed by atoms with van der Waals surface area (Å²) < 4.78 is 5.71. The molecule has 3 aromatic rings. The van der Waals surface area contributed by atoms with Crippen LogP contribution in [0.3, 0.4) is 0 Å². The van der Waals surface area contributed by atoms with E-state index < -0.39 is 0 Å². The lowest BCUT2D eigenvalue weighted by atomic mass is 10.1. The van der Waals surface area contributed by atoms with Crippen LogP contribution in [0.15, 0.2) is 79.1 Å². The van der Waals surface area contributed by atoms with E-state index in [2.05, 4.69) is 23.9 Å². The summed E-state index contributed by atoms with van der Waals surface area (Å²) in [6.07, 6.45) is 5.46. The van der Waals surface area contributed by atoms with Crippen LogP contribution in [0.2, 0.25) is 0 Å². The number of hydrogen-bond acceptors (Lipinski definition) is 5. The van der Waals surface area contributed by atoms with E-state index in [-0.39, 0.29) is 0 Å². The van der Waals surface area contributed by atoms with Crippen molar-refractivity contribution in [2.45, 2.75) is 19.8 Å².